The summed E-state index contributed by atoms with van der Waals surface area (Å²) < 4.78 is 2.26. The first-order valence-electron chi connectivity index (χ1n) is 6.05. The fourth-order valence-corrected chi connectivity index (χ4v) is 1.74. The Labute approximate surface area is 110 Å². The summed E-state index contributed by atoms with van der Waals surface area (Å²) in [6.07, 6.45) is 6.88. The lowest BCUT2D eigenvalue weighted by molar-refractivity contribution is -0.697. The van der Waals surface area contributed by atoms with E-state index in [2.05, 4.69) is 54.8 Å². The maximum atomic E-state index is 2.37. The van der Waals surface area contributed by atoms with E-state index >= 15 is 0 Å². The fraction of sp³-hybridized carbons (Fsp3) is 0.615. The van der Waals surface area contributed by atoms with E-state index in [0.29, 0.717) is 0 Å². The highest BCUT2D eigenvalue weighted by Crippen LogP contribution is 2.10. The van der Waals surface area contributed by atoms with Gasteiger partial charge >= 0.3 is 0 Å². The van der Waals surface area contributed by atoms with E-state index in [9.17, 15) is 0 Å². The Bertz CT molecular complexity index is 268. The third kappa shape index (κ3) is 4.52. The lowest BCUT2D eigenvalue weighted by Gasteiger charge is -2.19. The molecule has 1 aromatic rings. The number of nitrogens with zero attached hydrogens (tertiary/aromatic N) is 2. The van der Waals surface area contributed by atoms with Crippen molar-refractivity contribution in [2.75, 3.05) is 18.0 Å². The largest absolute Gasteiger partial charge is 1.00 e. The fourth-order valence-electron chi connectivity index (χ4n) is 1.74. The third-order valence-corrected chi connectivity index (χ3v) is 2.77. The van der Waals surface area contributed by atoms with Crippen molar-refractivity contribution in [3.05, 3.63) is 24.5 Å². The lowest BCUT2D eigenvalue weighted by atomic mass is 10.3. The minimum Gasteiger partial charge on any atom is -1.00 e. The molecule has 0 spiro atoms. The summed E-state index contributed by atoms with van der Waals surface area (Å²) in [5.41, 5.74) is 1.33. The molecule has 0 aliphatic heterocycles. The Kier molecular flexibility index (Phi) is 8.26. The van der Waals surface area contributed by atoms with Gasteiger partial charge in [0.05, 0.1) is 0 Å². The van der Waals surface area contributed by atoms with Crippen molar-refractivity contribution < 1.29 is 21.5 Å². The van der Waals surface area contributed by atoms with E-state index in [1.165, 1.54) is 18.5 Å². The van der Waals surface area contributed by atoms with Gasteiger partial charge in [-0.05, 0) is 13.8 Å². The van der Waals surface area contributed by atoms with Crippen molar-refractivity contribution in [3.63, 3.8) is 0 Å². The number of pyridine rings is 1. The molecule has 0 N–H and O–H groups in total. The Morgan fingerprint density at radius 2 is 1.62 bits per heavy atom. The highest BCUT2D eigenvalue weighted by Gasteiger charge is 2.04. The predicted octanol–water partition coefficient (Wildman–Crippen LogP) is -0.376. The van der Waals surface area contributed by atoms with Gasteiger partial charge in [-0.25, -0.2) is 4.57 Å². The number of anilines is 1. The smallest absolute Gasteiger partial charge is 0.170 e. The standard InChI is InChI=1S/C13H23N2.BrH/c1-4-7-10-14-11-8-13(9-12-14)15(5-2)6-3;/h8-9,11-12H,4-7,10H2,1-3H3;1H/q+1;/p-1. The van der Waals surface area contributed by atoms with Crippen LogP contribution < -0.4 is 26.4 Å². The van der Waals surface area contributed by atoms with Gasteiger partial charge < -0.3 is 21.9 Å². The molecule has 1 aromatic heterocycles. The van der Waals surface area contributed by atoms with Gasteiger partial charge in [0, 0.05) is 37.3 Å². The summed E-state index contributed by atoms with van der Waals surface area (Å²) in [6, 6.07) is 4.42. The molecule has 0 aliphatic carbocycles. The van der Waals surface area contributed by atoms with Crippen LogP contribution in [-0.2, 0) is 6.54 Å². The van der Waals surface area contributed by atoms with Crippen molar-refractivity contribution in [1.29, 1.82) is 0 Å². The van der Waals surface area contributed by atoms with Gasteiger partial charge in [-0.2, -0.15) is 0 Å². The van der Waals surface area contributed by atoms with Crippen LogP contribution in [0.3, 0.4) is 0 Å². The molecule has 0 bridgehead atoms. The van der Waals surface area contributed by atoms with E-state index < -0.39 is 0 Å². The van der Waals surface area contributed by atoms with Crippen molar-refractivity contribution in [3.8, 4) is 0 Å². The van der Waals surface area contributed by atoms with Crippen LogP contribution >= 0.6 is 0 Å². The van der Waals surface area contributed by atoms with Crippen molar-refractivity contribution in [2.45, 2.75) is 40.2 Å². The molecule has 2 nitrogen and oxygen atoms in total. The molecule has 16 heavy (non-hydrogen) atoms. The predicted molar refractivity (Wildman–Crippen MR) is 65.1 cm³/mol. The topological polar surface area (TPSA) is 7.12 Å². The van der Waals surface area contributed by atoms with Gasteiger partial charge in [0.2, 0.25) is 0 Å². The SMILES string of the molecule is CCCC[n+]1ccc(N(CC)CC)cc1.[Br-]. The molecule has 0 fully saturated rings. The van der Waals surface area contributed by atoms with Crippen molar-refractivity contribution >= 4 is 5.69 Å². The second kappa shape index (κ2) is 8.57. The van der Waals surface area contributed by atoms with Crippen LogP contribution in [0.25, 0.3) is 0 Å². The molecule has 0 saturated heterocycles. The molecule has 0 unspecified atom stereocenters. The zero-order valence-corrected chi connectivity index (χ0v) is 12.2. The van der Waals surface area contributed by atoms with Gasteiger partial charge in [-0.3, -0.25) is 0 Å². The number of aromatic nitrogens is 1. The highest BCUT2D eigenvalue weighted by atomic mass is 79.9. The van der Waals surface area contributed by atoms with Gasteiger partial charge in [0.1, 0.15) is 6.54 Å². The van der Waals surface area contributed by atoms with E-state index in [1.807, 2.05) is 0 Å². The number of hydrogen-bond donors (Lipinski definition) is 0. The molecule has 3 heteroatoms. The van der Waals surface area contributed by atoms with Crippen LogP contribution in [0.2, 0.25) is 0 Å². The van der Waals surface area contributed by atoms with E-state index in [0.717, 1.165) is 19.6 Å². The zero-order chi connectivity index (χ0) is 11.1. The zero-order valence-electron chi connectivity index (χ0n) is 10.6. The Hall–Kier alpha value is -0.570. The first-order valence-corrected chi connectivity index (χ1v) is 6.05. The van der Waals surface area contributed by atoms with Gasteiger partial charge in [-0.1, -0.05) is 13.3 Å². The number of hydrogen-bond acceptors (Lipinski definition) is 1. The third-order valence-electron chi connectivity index (χ3n) is 2.77. The Balaban J connectivity index is 0.00000225. The Morgan fingerprint density at radius 3 is 2.06 bits per heavy atom. The molecular weight excluding hydrogens is 264 g/mol. The number of unbranched alkanes of at least 4 members (excludes halogenated alkanes) is 1. The van der Waals surface area contributed by atoms with E-state index in [4.69, 9.17) is 0 Å². The van der Waals surface area contributed by atoms with E-state index in [1.54, 1.807) is 0 Å². The average molecular weight is 287 g/mol. The molecule has 0 aromatic carbocycles. The van der Waals surface area contributed by atoms with Gasteiger partial charge in [-0.15, -0.1) is 0 Å². The Morgan fingerprint density at radius 1 is 1.06 bits per heavy atom. The molecule has 92 valence electrons. The summed E-state index contributed by atoms with van der Waals surface area (Å²) in [4.78, 5) is 2.37. The normalized spacial score (nSPS) is 9.69. The molecule has 0 aliphatic rings. The van der Waals surface area contributed by atoms with Crippen LogP contribution in [0.1, 0.15) is 33.6 Å². The monoisotopic (exact) mass is 286 g/mol. The number of rotatable bonds is 6. The number of aryl methyl sites for hydroxylation is 1. The van der Waals surface area contributed by atoms with Crippen molar-refractivity contribution in [1.82, 2.24) is 0 Å². The second-order valence-electron chi connectivity index (χ2n) is 3.82. The van der Waals surface area contributed by atoms with E-state index in [-0.39, 0.29) is 17.0 Å². The molecule has 0 radical (unpaired) electrons. The first-order chi connectivity index (χ1) is 7.31. The maximum absolute atomic E-state index is 2.37. The van der Waals surface area contributed by atoms with Gasteiger partial charge in [0.25, 0.3) is 0 Å². The molecule has 0 saturated carbocycles. The number of halogens is 1. The first kappa shape index (κ1) is 15.4. The molecule has 1 heterocycles. The lowest BCUT2D eigenvalue weighted by Crippen LogP contribution is -3.00. The molecule has 0 amide bonds. The average Bonchev–Trinajstić information content (AvgIpc) is 2.29. The van der Waals surface area contributed by atoms with Crippen LogP contribution in [0.4, 0.5) is 5.69 Å². The minimum absolute atomic E-state index is 0. The van der Waals surface area contributed by atoms with Gasteiger partial charge in [0.15, 0.2) is 12.4 Å². The van der Waals surface area contributed by atoms with Crippen molar-refractivity contribution in [2.24, 2.45) is 0 Å². The van der Waals surface area contributed by atoms with Crippen LogP contribution in [0.5, 0.6) is 0 Å². The molecule has 1 rings (SSSR count). The summed E-state index contributed by atoms with van der Waals surface area (Å²) in [7, 11) is 0. The summed E-state index contributed by atoms with van der Waals surface area (Å²) >= 11 is 0. The summed E-state index contributed by atoms with van der Waals surface area (Å²) in [5.74, 6) is 0. The summed E-state index contributed by atoms with van der Waals surface area (Å²) in [5, 5.41) is 0. The minimum atomic E-state index is 0. The highest BCUT2D eigenvalue weighted by molar-refractivity contribution is 5.43. The quantitative estimate of drug-likeness (QED) is 0.647. The second-order valence-corrected chi connectivity index (χ2v) is 3.82. The van der Waals surface area contributed by atoms with Crippen LogP contribution in [0.15, 0.2) is 24.5 Å². The molecule has 0 atom stereocenters. The maximum Gasteiger partial charge on any atom is 0.170 e. The van der Waals surface area contributed by atoms with Crippen LogP contribution in [-0.4, -0.2) is 13.1 Å². The van der Waals surface area contributed by atoms with Crippen LogP contribution in [0, 0.1) is 0 Å². The summed E-state index contributed by atoms with van der Waals surface area (Å²) in [6.45, 7) is 9.91. The molecular formula is C13H23BrN2.